The summed E-state index contributed by atoms with van der Waals surface area (Å²) in [5.74, 6) is -0.568. The van der Waals surface area contributed by atoms with Crippen molar-refractivity contribution in [3.05, 3.63) is 64.4 Å². The second-order valence-electron chi connectivity index (χ2n) is 4.16. The number of hydrazone groups is 1. The molecule has 2 rings (SSSR count). The summed E-state index contributed by atoms with van der Waals surface area (Å²) in [6, 6.07) is 7.37. The maximum absolute atomic E-state index is 12.4. The number of alkyl halides is 3. The van der Waals surface area contributed by atoms with Crippen molar-refractivity contribution in [2.45, 2.75) is 6.18 Å². The van der Waals surface area contributed by atoms with Gasteiger partial charge >= 0.3 is 6.18 Å². The number of nitrogens with zero attached hydrogens (tertiary/aromatic N) is 2. The fraction of sp³-hybridized carbons (Fsp3) is 0.0714. The van der Waals surface area contributed by atoms with Gasteiger partial charge in [-0.05, 0) is 29.8 Å². The lowest BCUT2D eigenvalue weighted by molar-refractivity contribution is -0.137. The molecule has 8 heteroatoms. The zero-order valence-electron chi connectivity index (χ0n) is 10.9. The van der Waals surface area contributed by atoms with E-state index in [0.717, 1.165) is 12.1 Å². The molecule has 0 bridgehead atoms. The SMILES string of the molecule is O=C(NN=Cc1ccc(C(F)(F)F)cc1)c1cccnc1Cl. The van der Waals surface area contributed by atoms with E-state index in [1.54, 1.807) is 6.07 Å². The molecule has 1 aromatic carbocycles. The number of benzene rings is 1. The van der Waals surface area contributed by atoms with E-state index in [1.807, 2.05) is 0 Å². The van der Waals surface area contributed by atoms with Crippen LogP contribution in [0.2, 0.25) is 5.15 Å². The maximum Gasteiger partial charge on any atom is 0.416 e. The highest BCUT2D eigenvalue weighted by Crippen LogP contribution is 2.28. The molecular formula is C14H9ClF3N3O. The molecule has 0 atom stereocenters. The Labute approximate surface area is 128 Å². The van der Waals surface area contributed by atoms with Crippen LogP contribution in [0.5, 0.6) is 0 Å². The molecule has 22 heavy (non-hydrogen) atoms. The summed E-state index contributed by atoms with van der Waals surface area (Å²) in [6.07, 6.45) is -1.73. The van der Waals surface area contributed by atoms with E-state index >= 15 is 0 Å². The van der Waals surface area contributed by atoms with E-state index in [4.69, 9.17) is 11.6 Å². The summed E-state index contributed by atoms with van der Waals surface area (Å²) < 4.78 is 37.2. The fourth-order valence-corrected chi connectivity index (χ4v) is 1.74. The van der Waals surface area contributed by atoms with Gasteiger partial charge in [-0.25, -0.2) is 10.4 Å². The number of pyridine rings is 1. The summed E-state index contributed by atoms with van der Waals surface area (Å²) in [5.41, 5.74) is 2.02. The van der Waals surface area contributed by atoms with Crippen molar-refractivity contribution < 1.29 is 18.0 Å². The van der Waals surface area contributed by atoms with Crippen molar-refractivity contribution in [1.82, 2.24) is 10.4 Å². The first kappa shape index (κ1) is 16.0. The average molecular weight is 328 g/mol. The Hall–Kier alpha value is -2.41. The number of hydrogen-bond acceptors (Lipinski definition) is 3. The molecule has 0 radical (unpaired) electrons. The molecule has 0 aliphatic heterocycles. The topological polar surface area (TPSA) is 54.4 Å². The molecular weight excluding hydrogens is 319 g/mol. The van der Waals surface area contributed by atoms with Crippen LogP contribution in [0.3, 0.4) is 0 Å². The quantitative estimate of drug-likeness (QED) is 0.533. The van der Waals surface area contributed by atoms with Gasteiger partial charge in [0.1, 0.15) is 5.15 Å². The molecule has 2 aromatic rings. The number of hydrogen-bond donors (Lipinski definition) is 1. The normalized spacial score (nSPS) is 11.6. The van der Waals surface area contributed by atoms with Gasteiger partial charge in [0.15, 0.2) is 0 Å². The van der Waals surface area contributed by atoms with E-state index in [9.17, 15) is 18.0 Å². The Kier molecular flexibility index (Phi) is 4.77. The van der Waals surface area contributed by atoms with Crippen LogP contribution < -0.4 is 5.43 Å². The summed E-state index contributed by atoms with van der Waals surface area (Å²) in [4.78, 5) is 15.5. The predicted octanol–water partition coefficient (Wildman–Crippen LogP) is 3.52. The Balaban J connectivity index is 2.01. The Morgan fingerprint density at radius 3 is 2.50 bits per heavy atom. The first-order valence-corrected chi connectivity index (χ1v) is 6.37. The third-order valence-electron chi connectivity index (χ3n) is 2.62. The Bertz CT molecular complexity index is 699. The van der Waals surface area contributed by atoms with E-state index in [2.05, 4.69) is 15.5 Å². The number of carbonyl (C=O) groups is 1. The molecule has 0 saturated carbocycles. The van der Waals surface area contributed by atoms with Gasteiger partial charge in [0.2, 0.25) is 0 Å². The van der Waals surface area contributed by atoms with E-state index in [1.165, 1.54) is 30.6 Å². The first-order chi connectivity index (χ1) is 10.4. The Morgan fingerprint density at radius 2 is 1.91 bits per heavy atom. The minimum absolute atomic E-state index is 0.0322. The van der Waals surface area contributed by atoms with Crippen molar-refractivity contribution in [3.63, 3.8) is 0 Å². The second-order valence-corrected chi connectivity index (χ2v) is 4.52. The van der Waals surface area contributed by atoms with Crippen molar-refractivity contribution in [2.24, 2.45) is 5.10 Å². The van der Waals surface area contributed by atoms with Gasteiger partial charge in [-0.2, -0.15) is 18.3 Å². The van der Waals surface area contributed by atoms with Crippen LogP contribution in [0.1, 0.15) is 21.5 Å². The molecule has 0 aliphatic rings. The summed E-state index contributed by atoms with van der Waals surface area (Å²) >= 11 is 5.74. The van der Waals surface area contributed by atoms with E-state index in [-0.39, 0.29) is 10.7 Å². The van der Waals surface area contributed by atoms with Gasteiger partial charge in [-0.15, -0.1) is 0 Å². The number of carbonyl (C=O) groups excluding carboxylic acids is 1. The molecule has 1 N–H and O–H groups in total. The number of rotatable bonds is 3. The molecule has 1 amide bonds. The van der Waals surface area contributed by atoms with Gasteiger partial charge in [-0.3, -0.25) is 4.79 Å². The van der Waals surface area contributed by atoms with Crippen LogP contribution in [0.25, 0.3) is 0 Å². The zero-order valence-corrected chi connectivity index (χ0v) is 11.7. The van der Waals surface area contributed by atoms with Crippen molar-refractivity contribution in [1.29, 1.82) is 0 Å². The van der Waals surface area contributed by atoms with Gasteiger partial charge < -0.3 is 0 Å². The molecule has 0 unspecified atom stereocenters. The van der Waals surface area contributed by atoms with Crippen LogP contribution in [0, 0.1) is 0 Å². The summed E-state index contributed by atoms with van der Waals surface area (Å²) in [7, 11) is 0. The highest BCUT2D eigenvalue weighted by Gasteiger charge is 2.29. The van der Waals surface area contributed by atoms with Crippen LogP contribution >= 0.6 is 11.6 Å². The number of aromatic nitrogens is 1. The lowest BCUT2D eigenvalue weighted by Crippen LogP contribution is -2.18. The fourth-order valence-electron chi connectivity index (χ4n) is 1.54. The second kappa shape index (κ2) is 6.57. The Morgan fingerprint density at radius 1 is 1.23 bits per heavy atom. The largest absolute Gasteiger partial charge is 0.416 e. The van der Waals surface area contributed by atoms with Crippen LogP contribution in [-0.4, -0.2) is 17.1 Å². The van der Waals surface area contributed by atoms with Crippen LogP contribution in [-0.2, 0) is 6.18 Å². The first-order valence-electron chi connectivity index (χ1n) is 5.99. The van der Waals surface area contributed by atoms with Gasteiger partial charge in [0, 0.05) is 6.20 Å². The third-order valence-corrected chi connectivity index (χ3v) is 2.92. The monoisotopic (exact) mass is 327 g/mol. The van der Waals surface area contributed by atoms with E-state index < -0.39 is 17.6 Å². The predicted molar refractivity (Wildman–Crippen MR) is 75.8 cm³/mol. The van der Waals surface area contributed by atoms with Gasteiger partial charge in [0.25, 0.3) is 5.91 Å². The molecule has 1 aromatic heterocycles. The van der Waals surface area contributed by atoms with Gasteiger partial charge in [0.05, 0.1) is 17.3 Å². The summed E-state index contributed by atoms with van der Waals surface area (Å²) in [6.45, 7) is 0. The molecule has 0 saturated heterocycles. The minimum Gasteiger partial charge on any atom is -0.267 e. The highest BCUT2D eigenvalue weighted by atomic mass is 35.5. The number of nitrogens with one attached hydrogen (secondary N) is 1. The maximum atomic E-state index is 12.4. The molecule has 4 nitrogen and oxygen atoms in total. The standard InChI is InChI=1S/C14H9ClF3N3O/c15-12-11(2-1-7-19-12)13(22)21-20-8-9-3-5-10(6-4-9)14(16,17)18/h1-8H,(H,21,22). The van der Waals surface area contributed by atoms with Crippen molar-refractivity contribution in [2.75, 3.05) is 0 Å². The third kappa shape index (κ3) is 4.05. The smallest absolute Gasteiger partial charge is 0.267 e. The molecule has 1 heterocycles. The number of amides is 1. The highest BCUT2D eigenvalue weighted by molar-refractivity contribution is 6.32. The zero-order chi connectivity index (χ0) is 16.2. The molecule has 0 spiro atoms. The van der Waals surface area contributed by atoms with Crippen LogP contribution in [0.4, 0.5) is 13.2 Å². The lowest BCUT2D eigenvalue weighted by Gasteiger charge is -2.05. The summed E-state index contributed by atoms with van der Waals surface area (Å²) in [5, 5.41) is 3.69. The van der Waals surface area contributed by atoms with E-state index in [0.29, 0.717) is 5.56 Å². The van der Waals surface area contributed by atoms with Crippen molar-refractivity contribution >= 4 is 23.7 Å². The number of halogens is 4. The van der Waals surface area contributed by atoms with Gasteiger partial charge in [-0.1, -0.05) is 23.7 Å². The van der Waals surface area contributed by atoms with Crippen LogP contribution in [0.15, 0.2) is 47.7 Å². The van der Waals surface area contributed by atoms with Crippen molar-refractivity contribution in [3.8, 4) is 0 Å². The minimum atomic E-state index is -4.39. The molecule has 0 aliphatic carbocycles. The average Bonchev–Trinajstić information content (AvgIpc) is 2.47. The molecule has 0 fully saturated rings. The molecule has 114 valence electrons. The lowest BCUT2D eigenvalue weighted by atomic mass is 10.1.